The maximum absolute atomic E-state index is 7.79. The zero-order chi connectivity index (χ0) is 89.8. The summed E-state index contributed by atoms with van der Waals surface area (Å²) in [6.45, 7) is 32.1. The Bertz CT molecular complexity index is 1830. The molecule has 680 valence electrons. The standard InChI is InChI=1S/C43H94Si3.C30H66Si2.C17H38Si.C15H34Si/c1-5-6-7-8-9-10-11-16-21-26-31-36-41-46(4,42-37-32-27-22-17-12-14-19-24-29-34-39-44-2)43-38-33-28-23-18-13-15-20-25-30-35-40-45-3;1-5-6-7-8-9-10-11-14-17-20-23-26-29-32(3,4)30-27-24-21-18-15-12-13-16-19-22-25-28-31-2;1-5-6-7-8-9-10-11-12-13-14-15-16-17-18(2,3)4;1-3-4-5-6-7-8-9-10-11-12-13-14-15-16-2/h5-45H2,1-4H3;5-31H2,1-4H3;5-17H2,1-4H3;3-16H2,1-2H3/i44T2,45T2;31T2;;16T2. The third-order valence-corrected chi connectivity index (χ3v) is 39.0. The minimum atomic E-state index is -2.31. The summed E-state index contributed by atoms with van der Waals surface area (Å²) in [6.07, 6.45) is 115. The highest BCUT2D eigenvalue weighted by Crippen LogP contribution is 2.31. The molecule has 0 aromatic rings. The lowest BCUT2D eigenvalue weighted by Gasteiger charge is -2.28. The molecule has 0 aliphatic carbocycles. The fourth-order valence-electron chi connectivity index (χ4n) is 17.4. The van der Waals surface area contributed by atoms with Crippen molar-refractivity contribution in [3.05, 3.63) is 0 Å². The first kappa shape index (κ1) is 104. The smallest absolute Gasteiger partial charge is 0.0504 e. The van der Waals surface area contributed by atoms with Gasteiger partial charge in [0.1, 0.15) is 0 Å². The van der Waals surface area contributed by atoms with Crippen molar-refractivity contribution in [1.82, 2.24) is 0 Å². The molecule has 0 saturated carbocycles. The van der Waals surface area contributed by atoms with Crippen LogP contribution in [-0.2, 0) is 0 Å². The Balaban J connectivity index is -0.000000822. The minimum Gasteiger partial charge on any atom is -0.0748 e. The Hall–Kier alpha value is 1.52. The molecule has 0 heterocycles. The van der Waals surface area contributed by atoms with E-state index in [0.717, 1.165) is 49.9 Å². The molecule has 0 spiro atoms. The van der Waals surface area contributed by atoms with Gasteiger partial charge < -0.3 is 0 Å². The molecule has 0 aliphatic heterocycles. The van der Waals surface area contributed by atoms with Crippen molar-refractivity contribution in [3.8, 4) is 0 Å². The van der Waals surface area contributed by atoms with Crippen molar-refractivity contribution in [3.63, 3.8) is 0 Å². The van der Waals surface area contributed by atoms with E-state index in [2.05, 4.69) is 67.0 Å². The van der Waals surface area contributed by atoms with E-state index in [4.69, 9.17) is 9.88 Å². The van der Waals surface area contributed by atoms with Crippen molar-refractivity contribution < 1.29 is 0 Å². The summed E-state index contributed by atoms with van der Waals surface area (Å²) in [5, 5.41) is 0. The van der Waals surface area contributed by atoms with Crippen LogP contribution in [0.1, 0.15) is 548 Å². The van der Waals surface area contributed by atoms with Crippen LogP contribution in [0, 0.1) is 0 Å². The Morgan fingerprint density at radius 1 is 0.152 bits per heavy atom. The minimum absolute atomic E-state index is 0.755. The summed E-state index contributed by atoms with van der Waals surface area (Å²) in [5.41, 5.74) is 0. The van der Waals surface area contributed by atoms with E-state index in [1.165, 1.54) is 500 Å². The van der Waals surface area contributed by atoms with Crippen LogP contribution in [-0.4, -0.2) is 71.6 Å². The van der Waals surface area contributed by atoms with Gasteiger partial charge >= 0.3 is 0 Å². The fourth-order valence-corrected chi connectivity index (χ4v) is 27.8. The number of rotatable bonds is 94. The van der Waals surface area contributed by atoms with Crippen molar-refractivity contribution in [2.75, 3.05) is 0 Å². The second-order valence-corrected chi connectivity index (χ2v) is 60.6. The van der Waals surface area contributed by atoms with Crippen LogP contribution in [0.2, 0.25) is 126 Å². The molecule has 112 heavy (non-hydrogen) atoms. The Morgan fingerprint density at radius 2 is 0.268 bits per heavy atom. The molecular weight excluding hydrogens is 1460 g/mol. The molecule has 0 fully saturated rings. The quantitative estimate of drug-likeness (QED) is 0.0421. The summed E-state index contributed by atoms with van der Waals surface area (Å²) in [5.74, 6) is 0. The highest BCUT2D eigenvalue weighted by Gasteiger charge is 2.25. The van der Waals surface area contributed by atoms with Crippen molar-refractivity contribution in [2.45, 2.75) is 674 Å². The molecule has 0 N–H and O–H groups in total. The van der Waals surface area contributed by atoms with Crippen LogP contribution in [0.25, 0.3) is 0 Å². The summed E-state index contributed by atoms with van der Waals surface area (Å²) >= 11 is 0. The summed E-state index contributed by atoms with van der Waals surface area (Å²) in [6, 6.07) is 12.9. The van der Waals surface area contributed by atoms with Crippen LogP contribution < -0.4 is 0 Å². The molecule has 0 nitrogen and oxygen atoms in total. The molecule has 0 rings (SSSR count). The topological polar surface area (TPSA) is 0 Å². The Labute approximate surface area is 740 Å². The van der Waals surface area contributed by atoms with Gasteiger partial charge in [-0.05, 0) is 0 Å². The van der Waals surface area contributed by atoms with Crippen LogP contribution in [0.3, 0.4) is 0 Å². The van der Waals surface area contributed by atoms with Gasteiger partial charge in [-0.3, -0.25) is 0 Å². The zero-order valence-electron chi connectivity index (χ0n) is 89.8. The molecule has 0 bridgehead atoms. The molecule has 0 atom stereocenters. The lowest BCUT2D eigenvalue weighted by Crippen LogP contribution is -2.29. The largest absolute Gasteiger partial charge is 0.0748 e. The van der Waals surface area contributed by atoms with Gasteiger partial charge in [-0.1, -0.05) is 674 Å². The molecule has 0 saturated heterocycles. The van der Waals surface area contributed by atoms with Gasteiger partial charge in [0.25, 0.3) is 0 Å². The van der Waals surface area contributed by atoms with Gasteiger partial charge in [-0.15, -0.1) is 0 Å². The second-order valence-electron chi connectivity index (χ2n) is 39.7. The number of hydrogen-bond acceptors (Lipinski definition) is 0. The van der Waals surface area contributed by atoms with E-state index in [-0.39, 0.29) is 0 Å². The van der Waals surface area contributed by atoms with Gasteiger partial charge in [0.15, 0.2) is 0 Å². The van der Waals surface area contributed by atoms with E-state index in [9.17, 15) is 0 Å². The van der Waals surface area contributed by atoms with E-state index >= 15 is 0 Å². The lowest BCUT2D eigenvalue weighted by molar-refractivity contribution is 0.546. The third-order valence-electron chi connectivity index (χ3n) is 25.6. The summed E-state index contributed by atoms with van der Waals surface area (Å²) in [7, 11) is -12.0. The lowest BCUT2D eigenvalue weighted by atomic mass is 10.1. The van der Waals surface area contributed by atoms with Gasteiger partial charge in [-0.25, -0.2) is 0 Å². The van der Waals surface area contributed by atoms with Gasteiger partial charge in [-0.2, -0.15) is 0 Å². The Morgan fingerprint density at radius 3 is 0.402 bits per heavy atom. The average Bonchev–Trinajstić information content (AvgIpc) is 0.905. The van der Waals surface area contributed by atoms with Gasteiger partial charge in [0.05, 0.1) is 8.07 Å². The molecule has 0 amide bonds. The first-order valence-corrected chi connectivity index (χ1v) is 70.4. The number of unbranched alkanes of at least 4 members (excludes halogenated alkanes) is 74. The zero-order valence-corrected chi connectivity index (χ0v) is 88.8. The monoisotopic (exact) mass is 1710 g/mol. The summed E-state index contributed by atoms with van der Waals surface area (Å²) < 4.78 is 61.7. The van der Waals surface area contributed by atoms with E-state index in [1.54, 1.807) is 30.2 Å². The normalized spacial score (nSPS) is 13.4. The molecule has 0 aliphatic rings. The maximum atomic E-state index is 7.79. The average molecular weight is 1710 g/mol. The second kappa shape index (κ2) is 107. The van der Waals surface area contributed by atoms with Crippen LogP contribution in [0.4, 0.5) is 0 Å². The molecule has 0 aromatic carbocycles. The number of hydrogen-bond donors (Lipinski definition) is 0. The van der Waals surface area contributed by atoms with Gasteiger partial charge in [0, 0.05) is 63.6 Å². The van der Waals surface area contributed by atoms with E-state index in [0.29, 0.717) is 0 Å². The van der Waals surface area contributed by atoms with Crippen molar-refractivity contribution in [1.29, 1.82) is 9.88 Å². The van der Waals surface area contributed by atoms with Crippen molar-refractivity contribution in [2.24, 2.45) is 0 Å². The highest BCUT2D eigenvalue weighted by atomic mass is 28.3. The first-order valence-electron chi connectivity index (χ1n) is 57.4. The van der Waals surface area contributed by atoms with Crippen molar-refractivity contribution >= 4 is 61.8 Å². The molecule has 0 radical (unpaired) electrons. The van der Waals surface area contributed by atoms with Gasteiger partial charge in [0.2, 0.25) is 0 Å². The predicted octanol–water partition coefficient (Wildman–Crippen LogP) is 39.3. The molecule has 0 unspecified atom stereocenters. The molecular formula is C105H232Si7. The first-order chi connectivity index (χ1) is 57.4. The summed E-state index contributed by atoms with van der Waals surface area (Å²) in [4.78, 5) is 0. The molecule has 0 aromatic heterocycles. The SMILES string of the molecule is CCCCCCCCCCCCCC[Si](C)(C)C.[3H][Si]([3H])(C)CCCCCCCCCCCCCC.[3H][Si]([3H])(C)CCCCCCCCCCCCC[Si](C)(C)CCCCCCCCCCCCCC.[3H][Si]([3H])(C)CCCCCCCCCCCCC[Si](C)(CCCCCCCCCCCCCC)CCCCCCCCCCCCC[Si]([3H])([3H])C. The van der Waals surface area contributed by atoms with Crippen LogP contribution in [0.15, 0.2) is 0 Å². The van der Waals surface area contributed by atoms with Crippen LogP contribution >= 0.6 is 0 Å². The predicted molar refractivity (Wildman–Crippen MR) is 555 cm³/mol. The maximum Gasteiger partial charge on any atom is 0.0504 e. The fraction of sp³-hybridized carbons (Fsp3) is 1.00. The van der Waals surface area contributed by atoms with Crippen LogP contribution in [0.5, 0.6) is 0 Å². The third kappa shape index (κ3) is 118. The Kier molecular flexibility index (Phi) is 99.1. The molecule has 7 heteroatoms. The highest BCUT2D eigenvalue weighted by molar-refractivity contribution is 6.78. The van der Waals surface area contributed by atoms with E-state index < -0.39 is 61.8 Å². The van der Waals surface area contributed by atoms with E-state index in [1.807, 2.05) is 26.2 Å².